The summed E-state index contributed by atoms with van der Waals surface area (Å²) in [6, 6.07) is 11.0. The van der Waals surface area contributed by atoms with E-state index in [0.29, 0.717) is 19.1 Å². The summed E-state index contributed by atoms with van der Waals surface area (Å²) in [6.07, 6.45) is 2.17. The summed E-state index contributed by atoms with van der Waals surface area (Å²) in [6.45, 7) is 11.8. The van der Waals surface area contributed by atoms with E-state index in [-0.39, 0.29) is 11.3 Å². The number of nitrogens with one attached hydrogen (secondary N) is 3. The Morgan fingerprint density at radius 1 is 1.15 bits per heavy atom. The highest BCUT2D eigenvalue weighted by molar-refractivity contribution is 5.81. The van der Waals surface area contributed by atoms with Gasteiger partial charge in [-0.2, -0.15) is 0 Å². The summed E-state index contributed by atoms with van der Waals surface area (Å²) in [7, 11) is 0. The number of rotatable bonds is 6. The Labute approximate surface area is 163 Å². The third-order valence-corrected chi connectivity index (χ3v) is 4.65. The van der Waals surface area contributed by atoms with Crippen molar-refractivity contribution in [3.8, 4) is 0 Å². The van der Waals surface area contributed by atoms with E-state index in [1.54, 1.807) is 0 Å². The molecule has 0 bridgehead atoms. The normalized spacial score (nSPS) is 16.1. The zero-order valence-corrected chi connectivity index (χ0v) is 17.2. The fraction of sp³-hybridized carbons (Fsp3) is 0.619. The Hall–Kier alpha value is -2.24. The van der Waals surface area contributed by atoms with Crippen LogP contribution in [-0.2, 0) is 4.79 Å². The zero-order chi connectivity index (χ0) is 19.7. The number of benzene rings is 1. The molecule has 0 atom stereocenters. The number of anilines is 1. The topological polar surface area (TPSA) is 68.8 Å². The standard InChI is InChI=1S/C21H35N5O/c1-5-22-20(24-14-13-23-19(27)21(2,3)4)25-17-11-15-26(16-12-17)18-9-7-6-8-10-18/h6-10,17H,5,11-16H2,1-4H3,(H,23,27)(H2,22,24,25). The van der Waals surface area contributed by atoms with Crippen molar-refractivity contribution >= 4 is 17.6 Å². The maximum atomic E-state index is 11.9. The number of carbonyl (C=O) groups is 1. The molecule has 1 aliphatic rings. The highest BCUT2D eigenvalue weighted by atomic mass is 16.2. The van der Waals surface area contributed by atoms with E-state index in [4.69, 9.17) is 0 Å². The first kappa shape index (κ1) is 21.1. The van der Waals surface area contributed by atoms with Crippen LogP contribution in [0.3, 0.4) is 0 Å². The number of hydrogen-bond donors (Lipinski definition) is 3. The molecule has 0 aromatic heterocycles. The molecule has 1 aromatic rings. The lowest BCUT2D eigenvalue weighted by Crippen LogP contribution is -2.49. The van der Waals surface area contributed by atoms with Gasteiger partial charge in [-0.25, -0.2) is 0 Å². The Bertz CT molecular complexity index is 601. The molecule has 1 heterocycles. The Morgan fingerprint density at radius 3 is 2.41 bits per heavy atom. The average Bonchev–Trinajstić information content (AvgIpc) is 2.65. The van der Waals surface area contributed by atoms with Crippen LogP contribution in [0.2, 0.25) is 0 Å². The van der Waals surface area contributed by atoms with E-state index in [1.807, 2.05) is 20.8 Å². The molecular formula is C21H35N5O. The first-order valence-corrected chi connectivity index (χ1v) is 10.0. The van der Waals surface area contributed by atoms with E-state index in [9.17, 15) is 4.79 Å². The summed E-state index contributed by atoms with van der Waals surface area (Å²) >= 11 is 0. The summed E-state index contributed by atoms with van der Waals surface area (Å²) in [5, 5.41) is 9.79. The van der Waals surface area contributed by atoms with Gasteiger partial charge < -0.3 is 20.9 Å². The van der Waals surface area contributed by atoms with Crippen LogP contribution in [0, 0.1) is 5.41 Å². The predicted molar refractivity (Wildman–Crippen MR) is 113 cm³/mol. The number of aliphatic imine (C=N–C) groups is 1. The van der Waals surface area contributed by atoms with Gasteiger partial charge >= 0.3 is 0 Å². The van der Waals surface area contributed by atoms with Crippen LogP contribution in [0.1, 0.15) is 40.5 Å². The van der Waals surface area contributed by atoms with Crippen LogP contribution in [-0.4, -0.2) is 50.6 Å². The number of amides is 1. The molecule has 1 aromatic carbocycles. The lowest BCUT2D eigenvalue weighted by molar-refractivity contribution is -0.128. The second kappa shape index (κ2) is 10.2. The monoisotopic (exact) mass is 373 g/mol. The molecule has 0 unspecified atom stereocenters. The smallest absolute Gasteiger partial charge is 0.225 e. The maximum absolute atomic E-state index is 11.9. The van der Waals surface area contributed by atoms with Crippen molar-refractivity contribution in [3.05, 3.63) is 30.3 Å². The minimum absolute atomic E-state index is 0.0592. The van der Waals surface area contributed by atoms with Gasteiger partial charge in [0.05, 0.1) is 6.54 Å². The van der Waals surface area contributed by atoms with Crippen molar-refractivity contribution in [1.82, 2.24) is 16.0 Å². The summed E-state index contributed by atoms with van der Waals surface area (Å²) < 4.78 is 0. The molecule has 6 heteroatoms. The van der Waals surface area contributed by atoms with Gasteiger partial charge in [0.2, 0.25) is 5.91 Å². The fourth-order valence-corrected chi connectivity index (χ4v) is 3.04. The SMILES string of the molecule is CCNC(=NCCNC(=O)C(C)(C)C)NC1CCN(c2ccccc2)CC1. The first-order chi connectivity index (χ1) is 12.9. The molecule has 0 spiro atoms. The third-order valence-electron chi connectivity index (χ3n) is 4.65. The van der Waals surface area contributed by atoms with Crippen molar-refractivity contribution in [2.75, 3.05) is 37.6 Å². The molecule has 150 valence electrons. The fourth-order valence-electron chi connectivity index (χ4n) is 3.04. The molecule has 3 N–H and O–H groups in total. The second-order valence-corrected chi connectivity index (χ2v) is 8.01. The van der Waals surface area contributed by atoms with E-state index in [0.717, 1.165) is 38.4 Å². The van der Waals surface area contributed by atoms with Gasteiger partial charge in [-0.1, -0.05) is 39.0 Å². The van der Waals surface area contributed by atoms with Gasteiger partial charge in [-0.3, -0.25) is 9.79 Å². The van der Waals surface area contributed by atoms with E-state index >= 15 is 0 Å². The van der Waals surface area contributed by atoms with Crippen LogP contribution in [0.4, 0.5) is 5.69 Å². The first-order valence-electron chi connectivity index (χ1n) is 10.0. The summed E-state index contributed by atoms with van der Waals surface area (Å²) in [5.41, 5.74) is 0.935. The van der Waals surface area contributed by atoms with Crippen LogP contribution >= 0.6 is 0 Å². The Morgan fingerprint density at radius 2 is 1.81 bits per heavy atom. The van der Waals surface area contributed by atoms with Gasteiger partial charge in [0, 0.05) is 43.3 Å². The minimum Gasteiger partial charge on any atom is -0.371 e. The molecule has 1 amide bonds. The number of nitrogens with zero attached hydrogens (tertiary/aromatic N) is 2. The molecule has 0 aliphatic carbocycles. The highest BCUT2D eigenvalue weighted by Gasteiger charge is 2.21. The number of carbonyl (C=O) groups excluding carboxylic acids is 1. The molecule has 2 rings (SSSR count). The number of piperidine rings is 1. The number of guanidine groups is 1. The molecule has 1 fully saturated rings. The number of para-hydroxylation sites is 1. The van der Waals surface area contributed by atoms with Gasteiger partial charge in [0.15, 0.2) is 5.96 Å². The van der Waals surface area contributed by atoms with E-state index in [2.05, 4.69) is 63.1 Å². The van der Waals surface area contributed by atoms with E-state index in [1.165, 1.54) is 5.69 Å². The molecular weight excluding hydrogens is 338 g/mol. The van der Waals surface area contributed by atoms with Gasteiger partial charge in [0.25, 0.3) is 0 Å². The zero-order valence-electron chi connectivity index (χ0n) is 17.2. The third kappa shape index (κ3) is 7.12. The van der Waals surface area contributed by atoms with Crippen molar-refractivity contribution in [1.29, 1.82) is 0 Å². The molecule has 6 nitrogen and oxygen atoms in total. The highest BCUT2D eigenvalue weighted by Crippen LogP contribution is 2.19. The maximum Gasteiger partial charge on any atom is 0.225 e. The lowest BCUT2D eigenvalue weighted by Gasteiger charge is -2.34. The van der Waals surface area contributed by atoms with Crippen LogP contribution in [0.25, 0.3) is 0 Å². The van der Waals surface area contributed by atoms with Gasteiger partial charge in [-0.05, 0) is 31.9 Å². The minimum atomic E-state index is -0.362. The molecule has 1 aliphatic heterocycles. The summed E-state index contributed by atoms with van der Waals surface area (Å²) in [4.78, 5) is 18.9. The molecule has 0 radical (unpaired) electrons. The Kier molecular flexibility index (Phi) is 7.95. The van der Waals surface area contributed by atoms with Crippen LogP contribution < -0.4 is 20.9 Å². The van der Waals surface area contributed by atoms with Crippen molar-refractivity contribution in [2.45, 2.75) is 46.6 Å². The van der Waals surface area contributed by atoms with Crippen LogP contribution in [0.5, 0.6) is 0 Å². The van der Waals surface area contributed by atoms with Crippen molar-refractivity contribution < 1.29 is 4.79 Å². The average molecular weight is 374 g/mol. The molecule has 27 heavy (non-hydrogen) atoms. The Balaban J connectivity index is 1.78. The van der Waals surface area contributed by atoms with Gasteiger partial charge in [-0.15, -0.1) is 0 Å². The molecule has 0 saturated carbocycles. The lowest BCUT2D eigenvalue weighted by atomic mass is 9.96. The quantitative estimate of drug-likeness (QED) is 0.407. The number of hydrogen-bond acceptors (Lipinski definition) is 3. The van der Waals surface area contributed by atoms with Crippen molar-refractivity contribution in [3.63, 3.8) is 0 Å². The summed E-state index contributed by atoms with van der Waals surface area (Å²) in [5.74, 6) is 0.893. The van der Waals surface area contributed by atoms with Gasteiger partial charge in [0.1, 0.15) is 0 Å². The predicted octanol–water partition coefficient (Wildman–Crippen LogP) is 2.37. The largest absolute Gasteiger partial charge is 0.371 e. The second-order valence-electron chi connectivity index (χ2n) is 8.01. The van der Waals surface area contributed by atoms with E-state index < -0.39 is 0 Å². The van der Waals surface area contributed by atoms with Crippen LogP contribution in [0.15, 0.2) is 35.3 Å². The van der Waals surface area contributed by atoms with Crippen molar-refractivity contribution in [2.24, 2.45) is 10.4 Å². The molecule has 1 saturated heterocycles.